The lowest BCUT2D eigenvalue weighted by Gasteiger charge is -2.09. The molecular formula is C13H12ClNO3S2. The molecule has 1 heterocycles. The van der Waals surface area contributed by atoms with Crippen LogP contribution in [-0.4, -0.2) is 14.3 Å². The largest absolute Gasteiger partial charge is 0.275 e. The predicted octanol–water partition coefficient (Wildman–Crippen LogP) is 3.14. The van der Waals surface area contributed by atoms with Crippen molar-refractivity contribution in [2.45, 2.75) is 18.7 Å². The van der Waals surface area contributed by atoms with Gasteiger partial charge in [-0.3, -0.25) is 4.79 Å². The SMILES string of the molecule is Cc1ccc(C)c(S(=O)(=O)NC(=O)c2ccc(Cl)s2)c1. The second-order valence-corrected chi connectivity index (χ2v) is 7.67. The number of aryl methyl sites for hydroxylation is 2. The van der Waals surface area contributed by atoms with Gasteiger partial charge in [0.2, 0.25) is 0 Å². The van der Waals surface area contributed by atoms with Crippen LogP contribution in [0.1, 0.15) is 20.8 Å². The van der Waals surface area contributed by atoms with Crippen LogP contribution in [0.5, 0.6) is 0 Å². The number of carbonyl (C=O) groups excluding carboxylic acids is 1. The summed E-state index contributed by atoms with van der Waals surface area (Å²) in [6, 6.07) is 8.09. The van der Waals surface area contributed by atoms with E-state index in [0.29, 0.717) is 9.90 Å². The first kappa shape index (κ1) is 15.0. The van der Waals surface area contributed by atoms with Gasteiger partial charge in [-0.15, -0.1) is 11.3 Å². The van der Waals surface area contributed by atoms with Crippen LogP contribution in [0.4, 0.5) is 0 Å². The van der Waals surface area contributed by atoms with E-state index in [-0.39, 0.29) is 9.77 Å². The number of hydrogen-bond acceptors (Lipinski definition) is 4. The molecule has 0 spiro atoms. The zero-order valence-corrected chi connectivity index (χ0v) is 13.2. The van der Waals surface area contributed by atoms with E-state index in [1.165, 1.54) is 12.1 Å². The Bertz CT molecular complexity index is 766. The summed E-state index contributed by atoms with van der Waals surface area (Å²) in [5.41, 5.74) is 1.39. The first-order chi connectivity index (χ1) is 9.29. The Morgan fingerprint density at radius 2 is 1.90 bits per heavy atom. The standard InChI is InChI=1S/C13H12ClNO3S2/c1-8-3-4-9(2)11(7-8)20(17,18)15-13(16)10-5-6-12(14)19-10/h3-7H,1-2H3,(H,15,16). The van der Waals surface area contributed by atoms with Crippen LogP contribution in [-0.2, 0) is 10.0 Å². The zero-order chi connectivity index (χ0) is 14.9. The topological polar surface area (TPSA) is 63.2 Å². The molecule has 1 aromatic carbocycles. The van der Waals surface area contributed by atoms with Gasteiger partial charge in [0.1, 0.15) is 0 Å². The molecule has 0 radical (unpaired) electrons. The van der Waals surface area contributed by atoms with Gasteiger partial charge in [0.25, 0.3) is 15.9 Å². The maximum absolute atomic E-state index is 12.2. The van der Waals surface area contributed by atoms with Crippen LogP contribution in [0.3, 0.4) is 0 Å². The molecule has 7 heteroatoms. The van der Waals surface area contributed by atoms with E-state index in [4.69, 9.17) is 11.6 Å². The molecule has 0 saturated carbocycles. The van der Waals surface area contributed by atoms with Crippen molar-refractivity contribution >= 4 is 38.9 Å². The molecule has 0 aliphatic carbocycles. The highest BCUT2D eigenvalue weighted by molar-refractivity contribution is 7.90. The Morgan fingerprint density at radius 1 is 1.20 bits per heavy atom. The third kappa shape index (κ3) is 3.20. The van der Waals surface area contributed by atoms with Crippen molar-refractivity contribution in [1.82, 2.24) is 4.72 Å². The van der Waals surface area contributed by atoms with E-state index in [1.54, 1.807) is 26.0 Å². The van der Waals surface area contributed by atoms with Crippen molar-refractivity contribution < 1.29 is 13.2 Å². The van der Waals surface area contributed by atoms with E-state index in [2.05, 4.69) is 4.72 Å². The first-order valence-electron chi connectivity index (χ1n) is 5.69. The predicted molar refractivity (Wildman–Crippen MR) is 79.9 cm³/mol. The maximum atomic E-state index is 12.2. The summed E-state index contributed by atoms with van der Waals surface area (Å²) >= 11 is 6.76. The van der Waals surface area contributed by atoms with E-state index < -0.39 is 15.9 Å². The number of hydrogen-bond donors (Lipinski definition) is 1. The Hall–Kier alpha value is -1.37. The van der Waals surface area contributed by atoms with E-state index in [1.807, 2.05) is 6.07 Å². The van der Waals surface area contributed by atoms with Gasteiger partial charge < -0.3 is 0 Å². The number of thiophene rings is 1. The van der Waals surface area contributed by atoms with Crippen LogP contribution in [0.25, 0.3) is 0 Å². The maximum Gasteiger partial charge on any atom is 0.275 e. The van der Waals surface area contributed by atoms with Gasteiger partial charge in [0.05, 0.1) is 14.1 Å². The zero-order valence-electron chi connectivity index (χ0n) is 10.8. The molecular weight excluding hydrogens is 318 g/mol. The van der Waals surface area contributed by atoms with Gasteiger partial charge in [0.15, 0.2) is 0 Å². The molecule has 0 saturated heterocycles. The summed E-state index contributed by atoms with van der Waals surface area (Å²) in [6.45, 7) is 3.47. The fourth-order valence-corrected chi connectivity index (χ4v) is 3.96. The Morgan fingerprint density at radius 3 is 2.50 bits per heavy atom. The molecule has 2 aromatic rings. The number of benzene rings is 1. The van der Waals surface area contributed by atoms with Crippen LogP contribution in [0.2, 0.25) is 4.34 Å². The van der Waals surface area contributed by atoms with Crippen molar-refractivity contribution in [3.05, 3.63) is 50.7 Å². The van der Waals surface area contributed by atoms with Crippen molar-refractivity contribution in [1.29, 1.82) is 0 Å². The molecule has 1 amide bonds. The highest BCUT2D eigenvalue weighted by atomic mass is 35.5. The van der Waals surface area contributed by atoms with Gasteiger partial charge in [-0.2, -0.15) is 0 Å². The Kier molecular flexibility index (Phi) is 4.17. The molecule has 1 N–H and O–H groups in total. The second-order valence-electron chi connectivity index (χ2n) is 4.31. The van der Waals surface area contributed by atoms with Crippen molar-refractivity contribution in [3.63, 3.8) is 0 Å². The monoisotopic (exact) mass is 329 g/mol. The summed E-state index contributed by atoms with van der Waals surface area (Å²) in [7, 11) is -3.89. The van der Waals surface area contributed by atoms with Gasteiger partial charge in [-0.1, -0.05) is 23.7 Å². The minimum absolute atomic E-state index is 0.105. The third-order valence-corrected chi connectivity index (χ3v) is 5.36. The van der Waals surface area contributed by atoms with Crippen molar-refractivity contribution in [2.24, 2.45) is 0 Å². The Balaban J connectivity index is 2.32. The molecule has 0 fully saturated rings. The van der Waals surface area contributed by atoms with Gasteiger partial charge >= 0.3 is 0 Å². The van der Waals surface area contributed by atoms with Crippen LogP contribution < -0.4 is 4.72 Å². The highest BCUT2D eigenvalue weighted by Gasteiger charge is 2.21. The summed E-state index contributed by atoms with van der Waals surface area (Å²) in [5.74, 6) is -0.678. The smallest absolute Gasteiger partial charge is 0.267 e. The average molecular weight is 330 g/mol. The van der Waals surface area contributed by atoms with E-state index in [9.17, 15) is 13.2 Å². The molecule has 1 aromatic heterocycles. The van der Waals surface area contributed by atoms with E-state index in [0.717, 1.165) is 16.9 Å². The lowest BCUT2D eigenvalue weighted by Crippen LogP contribution is -2.30. The fourth-order valence-electron chi connectivity index (χ4n) is 1.66. The lowest BCUT2D eigenvalue weighted by atomic mass is 10.2. The average Bonchev–Trinajstić information content (AvgIpc) is 2.78. The molecule has 0 unspecified atom stereocenters. The van der Waals surface area contributed by atoms with E-state index >= 15 is 0 Å². The fraction of sp³-hybridized carbons (Fsp3) is 0.154. The van der Waals surface area contributed by atoms with Crippen molar-refractivity contribution in [3.8, 4) is 0 Å². The highest BCUT2D eigenvalue weighted by Crippen LogP contribution is 2.22. The lowest BCUT2D eigenvalue weighted by molar-refractivity contribution is 0.0985. The molecule has 0 aliphatic rings. The van der Waals surface area contributed by atoms with Crippen LogP contribution in [0.15, 0.2) is 35.2 Å². The molecule has 0 bridgehead atoms. The van der Waals surface area contributed by atoms with Crippen molar-refractivity contribution in [2.75, 3.05) is 0 Å². The van der Waals surface area contributed by atoms with Crippen LogP contribution in [0, 0.1) is 13.8 Å². The summed E-state index contributed by atoms with van der Waals surface area (Å²) in [5, 5.41) is 0. The molecule has 20 heavy (non-hydrogen) atoms. The number of sulfonamides is 1. The minimum atomic E-state index is -3.89. The Labute approximate surface area is 126 Å². The number of carbonyl (C=O) groups is 1. The number of halogens is 1. The number of rotatable bonds is 3. The summed E-state index contributed by atoms with van der Waals surface area (Å²) in [6.07, 6.45) is 0. The second kappa shape index (κ2) is 5.55. The third-order valence-electron chi connectivity index (χ3n) is 2.66. The number of nitrogens with one attached hydrogen (secondary N) is 1. The normalized spacial score (nSPS) is 11.3. The van der Waals surface area contributed by atoms with Gasteiger partial charge in [-0.25, -0.2) is 13.1 Å². The van der Waals surface area contributed by atoms with Crippen LogP contribution >= 0.6 is 22.9 Å². The molecule has 2 rings (SSSR count). The first-order valence-corrected chi connectivity index (χ1v) is 8.37. The number of amides is 1. The molecule has 0 atom stereocenters. The molecule has 106 valence electrons. The molecule has 0 aliphatic heterocycles. The van der Waals surface area contributed by atoms with Gasteiger partial charge in [-0.05, 0) is 43.2 Å². The minimum Gasteiger partial charge on any atom is -0.267 e. The molecule has 4 nitrogen and oxygen atoms in total. The van der Waals surface area contributed by atoms with Gasteiger partial charge in [0, 0.05) is 0 Å². The summed E-state index contributed by atoms with van der Waals surface area (Å²) < 4.78 is 27.0. The quantitative estimate of drug-likeness (QED) is 0.941. The summed E-state index contributed by atoms with van der Waals surface area (Å²) in [4.78, 5) is 12.3.